The number of likely N-dealkylation sites (tertiary alicyclic amines) is 1. The van der Waals surface area contributed by atoms with Crippen molar-refractivity contribution in [1.82, 2.24) is 10.2 Å². The lowest BCUT2D eigenvalue weighted by atomic mass is 9.99. The van der Waals surface area contributed by atoms with Crippen LogP contribution < -0.4 is 5.32 Å². The fourth-order valence-corrected chi connectivity index (χ4v) is 3.35. The quantitative estimate of drug-likeness (QED) is 0.681. The molecule has 0 bridgehead atoms. The normalized spacial score (nSPS) is 22.1. The molecule has 6 heteroatoms. The molecule has 0 aromatic heterocycles. The molecular weight excluding hydrogens is 308 g/mol. The van der Waals surface area contributed by atoms with E-state index >= 15 is 0 Å². The molecule has 5 nitrogen and oxygen atoms in total. The Morgan fingerprint density at radius 1 is 1.30 bits per heavy atom. The first-order chi connectivity index (χ1) is 11.2. The topological polar surface area (TPSA) is 57.1 Å². The second-order valence-electron chi connectivity index (χ2n) is 6.19. The number of piperidine rings is 1. The number of thioether (sulfide) groups is 1. The number of hydrogen-bond acceptors (Lipinski definition) is 5. The first kappa shape index (κ1) is 16.2. The summed E-state index contributed by atoms with van der Waals surface area (Å²) in [6.07, 6.45) is 4.32. The van der Waals surface area contributed by atoms with Crippen molar-refractivity contribution in [3.63, 3.8) is 0 Å². The lowest BCUT2D eigenvalue weighted by Gasteiger charge is -2.30. The fraction of sp³-hybridized carbons (Fsp3) is 0.471. The molecule has 23 heavy (non-hydrogen) atoms. The van der Waals surface area contributed by atoms with Gasteiger partial charge in [0.25, 0.3) is 0 Å². The Kier molecular flexibility index (Phi) is 5.46. The van der Waals surface area contributed by atoms with Gasteiger partial charge < -0.3 is 5.32 Å². The Bertz CT molecular complexity index is 604. The van der Waals surface area contributed by atoms with Crippen LogP contribution in [0.15, 0.2) is 34.5 Å². The predicted molar refractivity (Wildman–Crippen MR) is 95.7 cm³/mol. The van der Waals surface area contributed by atoms with Crippen molar-refractivity contribution in [3.05, 3.63) is 35.4 Å². The van der Waals surface area contributed by atoms with E-state index in [0.717, 1.165) is 18.0 Å². The Morgan fingerprint density at radius 3 is 2.70 bits per heavy atom. The minimum atomic E-state index is -0.0135. The summed E-state index contributed by atoms with van der Waals surface area (Å²) < 4.78 is 0. The third-order valence-electron chi connectivity index (χ3n) is 4.20. The number of carbonyl (C=O) groups excluding carboxylic acids is 1. The van der Waals surface area contributed by atoms with Gasteiger partial charge in [0, 0.05) is 6.54 Å². The zero-order valence-electron chi connectivity index (χ0n) is 13.4. The zero-order chi connectivity index (χ0) is 16.1. The standard InChI is InChI=1S/C17H22N4OS/c1-13-6-8-21(9-7-13)11-15-4-2-14(3-5-15)10-18-20-17-19-16(22)12-23-17/h2-5,10,13H,6-9,11-12H2,1H3,(H,19,20,22). The Labute approximate surface area is 141 Å². The van der Waals surface area contributed by atoms with Gasteiger partial charge in [0.05, 0.1) is 12.0 Å². The number of hydrogen-bond donors (Lipinski definition) is 1. The molecule has 2 aliphatic rings. The Hall–Kier alpha value is -1.66. The highest BCUT2D eigenvalue weighted by atomic mass is 32.2. The summed E-state index contributed by atoms with van der Waals surface area (Å²) in [4.78, 5) is 13.6. The third-order valence-corrected chi connectivity index (χ3v) is 5.07. The minimum absolute atomic E-state index is 0.0135. The van der Waals surface area contributed by atoms with Gasteiger partial charge in [0.2, 0.25) is 5.91 Å². The molecule has 2 heterocycles. The maximum Gasteiger partial charge on any atom is 0.236 e. The molecule has 1 aromatic carbocycles. The highest BCUT2D eigenvalue weighted by molar-refractivity contribution is 8.15. The van der Waals surface area contributed by atoms with E-state index in [0.29, 0.717) is 10.9 Å². The lowest BCUT2D eigenvalue weighted by molar-refractivity contribution is -0.116. The molecule has 0 aliphatic carbocycles. The smallest absolute Gasteiger partial charge is 0.236 e. The van der Waals surface area contributed by atoms with Gasteiger partial charge in [0.15, 0.2) is 5.17 Å². The van der Waals surface area contributed by atoms with Crippen molar-refractivity contribution in [1.29, 1.82) is 0 Å². The summed E-state index contributed by atoms with van der Waals surface area (Å²) in [5.41, 5.74) is 2.35. The average molecular weight is 330 g/mol. The molecule has 3 rings (SSSR count). The van der Waals surface area contributed by atoms with Gasteiger partial charge in [-0.1, -0.05) is 43.0 Å². The molecule has 0 saturated carbocycles. The van der Waals surface area contributed by atoms with Gasteiger partial charge in [0.1, 0.15) is 0 Å². The third kappa shape index (κ3) is 4.91. The monoisotopic (exact) mass is 330 g/mol. The Morgan fingerprint density at radius 2 is 2.04 bits per heavy atom. The maximum absolute atomic E-state index is 11.0. The van der Waals surface area contributed by atoms with Crippen molar-refractivity contribution in [2.24, 2.45) is 16.1 Å². The molecule has 122 valence electrons. The molecule has 0 spiro atoms. The molecule has 2 aliphatic heterocycles. The summed E-state index contributed by atoms with van der Waals surface area (Å²) in [5.74, 6) is 1.29. The number of rotatable bonds is 4. The van der Waals surface area contributed by atoms with Crippen LogP contribution >= 0.6 is 11.8 Å². The van der Waals surface area contributed by atoms with Gasteiger partial charge in [-0.25, -0.2) is 0 Å². The van der Waals surface area contributed by atoms with Crippen molar-refractivity contribution in [3.8, 4) is 0 Å². The number of nitrogens with zero attached hydrogens (tertiary/aromatic N) is 3. The van der Waals surface area contributed by atoms with Crippen LogP contribution in [0.1, 0.15) is 30.9 Å². The van der Waals surface area contributed by atoms with Crippen LogP contribution in [0.3, 0.4) is 0 Å². The number of benzene rings is 1. The van der Waals surface area contributed by atoms with Crippen molar-refractivity contribution >= 4 is 29.1 Å². The van der Waals surface area contributed by atoms with Crippen LogP contribution in [-0.4, -0.2) is 41.0 Å². The zero-order valence-corrected chi connectivity index (χ0v) is 14.2. The second-order valence-corrected chi connectivity index (χ2v) is 7.15. The summed E-state index contributed by atoms with van der Waals surface area (Å²) in [6, 6.07) is 8.43. The second kappa shape index (κ2) is 7.75. The highest BCUT2D eigenvalue weighted by Crippen LogP contribution is 2.18. The van der Waals surface area contributed by atoms with E-state index in [9.17, 15) is 4.79 Å². The molecule has 1 aromatic rings. The van der Waals surface area contributed by atoms with Gasteiger partial charge >= 0.3 is 0 Å². The van der Waals surface area contributed by atoms with E-state index in [2.05, 4.69) is 51.6 Å². The van der Waals surface area contributed by atoms with E-state index in [1.807, 2.05) is 0 Å². The van der Waals surface area contributed by atoms with Gasteiger partial charge in [-0.05, 0) is 43.0 Å². The first-order valence-corrected chi connectivity index (χ1v) is 9.02. The lowest BCUT2D eigenvalue weighted by Crippen LogP contribution is -2.32. The van der Waals surface area contributed by atoms with E-state index < -0.39 is 0 Å². The van der Waals surface area contributed by atoms with Crippen LogP contribution in [-0.2, 0) is 11.3 Å². The molecule has 1 amide bonds. The fourth-order valence-electron chi connectivity index (χ4n) is 2.71. The number of amides is 1. The molecule has 0 radical (unpaired) electrons. The van der Waals surface area contributed by atoms with Crippen LogP contribution in [0.4, 0.5) is 0 Å². The number of nitrogens with one attached hydrogen (secondary N) is 1. The SMILES string of the molecule is CC1CCN(Cc2ccc(C=NN=C3NC(=O)CS3)cc2)CC1. The van der Waals surface area contributed by atoms with Crippen molar-refractivity contribution in [2.45, 2.75) is 26.3 Å². The van der Waals surface area contributed by atoms with Gasteiger partial charge in [-0.15, -0.1) is 5.10 Å². The summed E-state index contributed by atoms with van der Waals surface area (Å²) in [5, 5.41) is 11.3. The largest absolute Gasteiger partial charge is 0.303 e. The average Bonchev–Trinajstić information content (AvgIpc) is 2.97. The molecular formula is C17H22N4OS. The first-order valence-electron chi connectivity index (χ1n) is 8.04. The Balaban J connectivity index is 1.51. The van der Waals surface area contributed by atoms with E-state index in [1.165, 1.54) is 43.3 Å². The maximum atomic E-state index is 11.0. The summed E-state index contributed by atoms with van der Waals surface area (Å²) in [7, 11) is 0. The van der Waals surface area contributed by atoms with E-state index in [4.69, 9.17) is 0 Å². The van der Waals surface area contributed by atoms with Gasteiger partial charge in [-0.2, -0.15) is 5.10 Å². The van der Waals surface area contributed by atoms with Crippen LogP contribution in [0.5, 0.6) is 0 Å². The molecule has 0 atom stereocenters. The molecule has 2 saturated heterocycles. The highest BCUT2D eigenvalue weighted by Gasteiger charge is 2.16. The van der Waals surface area contributed by atoms with Crippen molar-refractivity contribution < 1.29 is 4.79 Å². The summed E-state index contributed by atoms with van der Waals surface area (Å²) in [6.45, 7) is 5.76. The molecule has 2 fully saturated rings. The van der Waals surface area contributed by atoms with Crippen LogP contribution in [0, 0.1) is 5.92 Å². The van der Waals surface area contributed by atoms with E-state index in [1.54, 1.807) is 6.21 Å². The minimum Gasteiger partial charge on any atom is -0.303 e. The number of carbonyl (C=O) groups is 1. The number of amidine groups is 1. The molecule has 1 N–H and O–H groups in total. The predicted octanol–water partition coefficient (Wildman–Crippen LogP) is 2.47. The van der Waals surface area contributed by atoms with Crippen LogP contribution in [0.25, 0.3) is 0 Å². The van der Waals surface area contributed by atoms with Crippen molar-refractivity contribution in [2.75, 3.05) is 18.8 Å². The van der Waals surface area contributed by atoms with Gasteiger partial charge in [-0.3, -0.25) is 9.69 Å². The summed E-state index contributed by atoms with van der Waals surface area (Å²) >= 11 is 1.38. The van der Waals surface area contributed by atoms with E-state index in [-0.39, 0.29) is 5.91 Å². The van der Waals surface area contributed by atoms with Crippen LogP contribution in [0.2, 0.25) is 0 Å². The molecule has 0 unspecified atom stereocenters.